The van der Waals surface area contributed by atoms with Crippen LogP contribution in [0.5, 0.6) is 0 Å². The SMILES string of the molecule is CC(=O)[O-].CN1[CH-]N(C)C2C1C(=O)N(Cc1ccc3ccccc3c1)C(=O)N2C.[Ag+]. The standard InChI is InChI=1S/C19H21N4O2.C2H4O2.Ag/c1-20-12-21(2)17-16(20)18(24)23(19(25)22(17)3)11-13-8-9-14-6-4-5-7-15(14)10-13;1-2(3)4;/h4-10,12,16-17H,11H2,1-3H3;1H3,(H,3,4);/q-1;;+1/p-1. The Morgan fingerprint density at radius 2 is 1.63 bits per heavy atom. The van der Waals surface area contributed by atoms with Crippen molar-refractivity contribution >= 4 is 28.7 Å². The van der Waals surface area contributed by atoms with Gasteiger partial charge in [-0.1, -0.05) is 36.4 Å². The molecule has 2 aromatic rings. The van der Waals surface area contributed by atoms with Crippen molar-refractivity contribution in [3.05, 3.63) is 54.7 Å². The molecule has 2 aromatic carbocycles. The number of benzene rings is 2. The molecule has 9 heteroatoms. The number of hydrogen-bond acceptors (Lipinski definition) is 6. The van der Waals surface area contributed by atoms with Crippen molar-refractivity contribution in [1.82, 2.24) is 19.6 Å². The Balaban J connectivity index is 0.000000591. The van der Waals surface area contributed by atoms with Gasteiger partial charge in [0.2, 0.25) is 5.91 Å². The minimum Gasteiger partial charge on any atom is -0.550 e. The number of carboxylic acids is 1. The van der Waals surface area contributed by atoms with Crippen molar-refractivity contribution in [3.8, 4) is 0 Å². The summed E-state index contributed by atoms with van der Waals surface area (Å²) >= 11 is 0. The molecule has 2 unspecified atom stereocenters. The normalized spacial score (nSPS) is 21.7. The third-order valence-corrected chi connectivity index (χ3v) is 5.11. The minimum absolute atomic E-state index is 0. The Bertz CT molecular complexity index is 950. The number of likely N-dealkylation sites (N-methyl/N-ethyl adjacent to an activating group) is 3. The molecule has 0 bridgehead atoms. The Morgan fingerprint density at radius 3 is 2.27 bits per heavy atom. The first-order valence-corrected chi connectivity index (χ1v) is 9.23. The number of rotatable bonds is 2. The van der Waals surface area contributed by atoms with Gasteiger partial charge in [-0.15, -0.1) is 0 Å². The summed E-state index contributed by atoms with van der Waals surface area (Å²) in [6, 6.07) is 13.5. The zero-order valence-electron chi connectivity index (χ0n) is 17.2. The smallest absolute Gasteiger partial charge is 0.550 e. The number of carbonyl (C=O) groups is 3. The Kier molecular flexibility index (Phi) is 7.79. The molecule has 2 atom stereocenters. The molecule has 0 aliphatic carbocycles. The van der Waals surface area contributed by atoms with Gasteiger partial charge in [0.05, 0.1) is 18.8 Å². The van der Waals surface area contributed by atoms with Crippen molar-refractivity contribution in [2.45, 2.75) is 25.7 Å². The van der Waals surface area contributed by atoms with Gasteiger partial charge in [-0.2, -0.15) is 0 Å². The molecule has 0 saturated carbocycles. The van der Waals surface area contributed by atoms with E-state index in [0.717, 1.165) is 23.3 Å². The molecule has 2 saturated heterocycles. The maximum Gasteiger partial charge on any atom is 1.00 e. The molecule has 4 rings (SSSR count). The predicted octanol–water partition coefficient (Wildman–Crippen LogP) is 0.679. The van der Waals surface area contributed by atoms with Crippen LogP contribution in [0.3, 0.4) is 0 Å². The molecular formula is C21H24AgN4O4-. The maximum absolute atomic E-state index is 13.0. The molecule has 0 radical (unpaired) electrons. The van der Waals surface area contributed by atoms with Gasteiger partial charge in [-0.25, -0.2) is 11.5 Å². The van der Waals surface area contributed by atoms with Crippen molar-refractivity contribution in [2.75, 3.05) is 21.1 Å². The van der Waals surface area contributed by atoms with Crippen LogP contribution in [-0.4, -0.2) is 70.9 Å². The zero-order chi connectivity index (χ0) is 21.3. The van der Waals surface area contributed by atoms with Crippen LogP contribution in [0.4, 0.5) is 4.79 Å². The molecule has 0 N–H and O–H groups in total. The predicted molar refractivity (Wildman–Crippen MR) is 106 cm³/mol. The zero-order valence-corrected chi connectivity index (χ0v) is 18.7. The van der Waals surface area contributed by atoms with E-state index in [1.807, 2.05) is 73.0 Å². The van der Waals surface area contributed by atoms with Crippen LogP contribution in [0.15, 0.2) is 42.5 Å². The van der Waals surface area contributed by atoms with Gasteiger partial charge in [0, 0.05) is 13.0 Å². The van der Waals surface area contributed by atoms with Crippen molar-refractivity contribution < 1.29 is 41.9 Å². The van der Waals surface area contributed by atoms with Crippen LogP contribution in [0.2, 0.25) is 0 Å². The summed E-state index contributed by atoms with van der Waals surface area (Å²) < 4.78 is 0. The van der Waals surface area contributed by atoms with Gasteiger partial charge < -0.3 is 24.6 Å². The second-order valence-electron chi connectivity index (χ2n) is 7.30. The fourth-order valence-electron chi connectivity index (χ4n) is 3.87. The molecule has 30 heavy (non-hydrogen) atoms. The molecule has 2 aliphatic rings. The quantitative estimate of drug-likeness (QED) is 0.442. The van der Waals surface area contributed by atoms with Crippen LogP contribution in [-0.2, 0) is 38.5 Å². The number of imide groups is 1. The average Bonchev–Trinajstić information content (AvgIpc) is 2.97. The minimum atomic E-state index is -1.08. The second-order valence-corrected chi connectivity index (χ2v) is 7.30. The van der Waals surface area contributed by atoms with Crippen LogP contribution in [0.1, 0.15) is 12.5 Å². The van der Waals surface area contributed by atoms with Gasteiger partial charge in [-0.3, -0.25) is 9.69 Å². The van der Waals surface area contributed by atoms with Gasteiger partial charge in [0.25, 0.3) is 0 Å². The van der Waals surface area contributed by atoms with E-state index >= 15 is 0 Å². The van der Waals surface area contributed by atoms with Crippen LogP contribution in [0, 0.1) is 6.67 Å². The summed E-state index contributed by atoms with van der Waals surface area (Å²) in [4.78, 5) is 41.4. The number of nitrogens with zero attached hydrogens (tertiary/aromatic N) is 4. The first kappa shape index (κ1) is 24.0. The monoisotopic (exact) mass is 503 g/mol. The number of amides is 3. The third kappa shape index (κ3) is 4.74. The molecule has 8 nitrogen and oxygen atoms in total. The molecule has 164 valence electrons. The molecule has 0 spiro atoms. The molecule has 0 aromatic heterocycles. The summed E-state index contributed by atoms with van der Waals surface area (Å²) in [5.74, 6) is -1.23. The Hall–Kier alpha value is -2.23. The molecular weight excluding hydrogens is 480 g/mol. The fourth-order valence-corrected chi connectivity index (χ4v) is 3.87. The number of carboxylic acid groups (broad SMARTS) is 1. The van der Waals surface area contributed by atoms with Crippen LogP contribution < -0.4 is 5.11 Å². The summed E-state index contributed by atoms with van der Waals surface area (Å²) in [6.45, 7) is 3.13. The van der Waals surface area contributed by atoms with E-state index in [4.69, 9.17) is 9.90 Å². The van der Waals surface area contributed by atoms with Gasteiger partial charge in [0.1, 0.15) is 0 Å². The van der Waals surface area contributed by atoms with E-state index in [-0.39, 0.29) is 53.1 Å². The molecule has 2 heterocycles. The Morgan fingerprint density at radius 1 is 1.03 bits per heavy atom. The fraction of sp³-hybridized carbons (Fsp3) is 0.333. The van der Waals surface area contributed by atoms with E-state index < -0.39 is 5.97 Å². The molecule has 2 fully saturated rings. The van der Waals surface area contributed by atoms with Crippen molar-refractivity contribution in [2.24, 2.45) is 0 Å². The molecule has 2 aliphatic heterocycles. The van der Waals surface area contributed by atoms with E-state index in [9.17, 15) is 9.59 Å². The summed E-state index contributed by atoms with van der Waals surface area (Å²) in [7, 11) is 5.51. The summed E-state index contributed by atoms with van der Waals surface area (Å²) in [5, 5.41) is 11.1. The maximum atomic E-state index is 13.0. The number of fused-ring (bicyclic) bond motifs is 2. The van der Waals surface area contributed by atoms with Crippen LogP contribution >= 0.6 is 0 Å². The summed E-state index contributed by atoms with van der Waals surface area (Å²) in [6.07, 6.45) is -0.252. The van der Waals surface area contributed by atoms with Gasteiger partial charge in [-0.05, 0) is 43.4 Å². The van der Waals surface area contributed by atoms with Crippen LogP contribution in [0.25, 0.3) is 10.8 Å². The van der Waals surface area contributed by atoms with Gasteiger partial charge >= 0.3 is 28.4 Å². The van der Waals surface area contributed by atoms with E-state index in [0.29, 0.717) is 0 Å². The first-order valence-electron chi connectivity index (χ1n) is 9.23. The number of aliphatic carboxylic acids is 1. The van der Waals surface area contributed by atoms with E-state index in [2.05, 4.69) is 0 Å². The second kappa shape index (κ2) is 9.72. The largest absolute Gasteiger partial charge is 1.00 e. The molecule has 3 amide bonds. The number of carbonyl (C=O) groups excluding carboxylic acids is 3. The number of hydrogen-bond donors (Lipinski definition) is 0. The summed E-state index contributed by atoms with van der Waals surface area (Å²) in [5.41, 5.74) is 0.949. The van der Waals surface area contributed by atoms with Crippen molar-refractivity contribution in [1.29, 1.82) is 0 Å². The van der Waals surface area contributed by atoms with E-state index in [1.165, 1.54) is 4.90 Å². The van der Waals surface area contributed by atoms with Gasteiger partial charge in [0.15, 0.2) is 0 Å². The third-order valence-electron chi connectivity index (χ3n) is 5.11. The Labute approximate surface area is 191 Å². The van der Waals surface area contributed by atoms with Crippen molar-refractivity contribution in [3.63, 3.8) is 0 Å². The first-order chi connectivity index (χ1) is 13.7. The number of urea groups is 1. The topological polar surface area (TPSA) is 87.2 Å². The average molecular weight is 504 g/mol. The van der Waals surface area contributed by atoms with E-state index in [1.54, 1.807) is 11.9 Å².